The molecule has 1 saturated carbocycles. The first-order valence-corrected chi connectivity index (χ1v) is 13.4. The molecule has 1 amide bonds. The zero-order valence-electron chi connectivity index (χ0n) is 21.9. The van der Waals surface area contributed by atoms with Gasteiger partial charge in [-0.25, -0.2) is 4.79 Å². The molecule has 0 saturated heterocycles. The van der Waals surface area contributed by atoms with Crippen LogP contribution in [0.5, 0.6) is 0 Å². The Morgan fingerprint density at radius 2 is 1.77 bits per heavy atom. The van der Waals surface area contributed by atoms with E-state index in [0.717, 1.165) is 24.8 Å². The number of benzene rings is 2. The molecular formula is C31H40N2O2. The molecule has 5 rings (SSSR count). The van der Waals surface area contributed by atoms with Crippen molar-refractivity contribution in [1.29, 1.82) is 0 Å². The fourth-order valence-corrected chi connectivity index (χ4v) is 6.73. The fourth-order valence-electron chi connectivity index (χ4n) is 6.73. The molecule has 0 radical (unpaired) electrons. The van der Waals surface area contributed by atoms with Crippen molar-refractivity contribution >= 4 is 17.0 Å². The molecule has 1 fully saturated rings. The first kappa shape index (κ1) is 24.0. The molecule has 3 aromatic rings. The van der Waals surface area contributed by atoms with Crippen molar-refractivity contribution < 1.29 is 9.53 Å². The molecule has 4 atom stereocenters. The predicted octanol–water partition coefficient (Wildman–Crippen LogP) is 7.64. The van der Waals surface area contributed by atoms with Gasteiger partial charge in [-0.1, -0.05) is 89.6 Å². The van der Waals surface area contributed by atoms with E-state index in [-0.39, 0.29) is 29.6 Å². The van der Waals surface area contributed by atoms with Gasteiger partial charge >= 0.3 is 6.09 Å². The zero-order valence-corrected chi connectivity index (χ0v) is 21.9. The molecule has 4 nitrogen and oxygen atoms in total. The van der Waals surface area contributed by atoms with E-state index < -0.39 is 0 Å². The predicted molar refractivity (Wildman–Crippen MR) is 143 cm³/mol. The third kappa shape index (κ3) is 4.37. The van der Waals surface area contributed by atoms with E-state index in [4.69, 9.17) is 4.74 Å². The van der Waals surface area contributed by atoms with Gasteiger partial charge < -0.3 is 9.72 Å². The van der Waals surface area contributed by atoms with Crippen LogP contribution in [0.15, 0.2) is 54.6 Å². The lowest BCUT2D eigenvalue weighted by molar-refractivity contribution is -0.0268. The lowest BCUT2D eigenvalue weighted by Gasteiger charge is -2.45. The van der Waals surface area contributed by atoms with E-state index in [2.05, 4.69) is 94.2 Å². The van der Waals surface area contributed by atoms with Gasteiger partial charge in [-0.05, 0) is 53.7 Å². The van der Waals surface area contributed by atoms with E-state index in [0.29, 0.717) is 18.4 Å². The lowest BCUT2D eigenvalue weighted by Crippen LogP contribution is -2.48. The number of carbonyl (C=O) groups excluding carboxylic acids is 1. The first-order valence-electron chi connectivity index (χ1n) is 13.4. The number of aromatic nitrogens is 1. The van der Waals surface area contributed by atoms with Crippen LogP contribution in [0, 0.1) is 17.8 Å². The number of nitrogens with zero attached hydrogens (tertiary/aromatic N) is 1. The molecule has 2 heterocycles. The van der Waals surface area contributed by atoms with Gasteiger partial charge in [-0.3, -0.25) is 4.90 Å². The smallest absolute Gasteiger partial charge is 0.410 e. The molecule has 1 N–H and O–H groups in total. The van der Waals surface area contributed by atoms with Crippen LogP contribution >= 0.6 is 0 Å². The van der Waals surface area contributed by atoms with Crippen LogP contribution in [0.3, 0.4) is 0 Å². The van der Waals surface area contributed by atoms with Gasteiger partial charge in [0.25, 0.3) is 0 Å². The standard InChI is InChI=1S/C31H40N2O2/c1-20(2)29-28-24(23-13-9-10-14-26(23)32-28)17-18-33(29)30(34)35-27-19-21(3)15-16-25(27)31(4,5)22-11-7-6-8-12-22/h6-14,20-21,25,27,29,32H,15-19H2,1-5H3/t21-,25-,27-,29+/m1/s1. The van der Waals surface area contributed by atoms with Crippen molar-refractivity contribution in [2.45, 2.75) is 77.9 Å². The van der Waals surface area contributed by atoms with Crippen LogP contribution in [0.25, 0.3) is 10.9 Å². The Morgan fingerprint density at radius 1 is 1.06 bits per heavy atom. The zero-order chi connectivity index (χ0) is 24.7. The normalized spacial score (nSPS) is 25.0. The van der Waals surface area contributed by atoms with E-state index in [9.17, 15) is 4.79 Å². The van der Waals surface area contributed by atoms with Gasteiger partial charge in [0.15, 0.2) is 0 Å². The minimum atomic E-state index is -0.152. The summed E-state index contributed by atoms with van der Waals surface area (Å²) in [5.74, 6) is 1.16. The molecule has 1 aliphatic carbocycles. The highest BCUT2D eigenvalue weighted by Crippen LogP contribution is 2.45. The van der Waals surface area contributed by atoms with Crippen molar-refractivity contribution in [2.24, 2.45) is 17.8 Å². The number of aromatic amines is 1. The third-order valence-corrected chi connectivity index (χ3v) is 8.70. The van der Waals surface area contributed by atoms with Crippen LogP contribution < -0.4 is 0 Å². The summed E-state index contributed by atoms with van der Waals surface area (Å²) in [6.07, 6.45) is 3.84. The molecule has 4 heteroatoms. The van der Waals surface area contributed by atoms with E-state index in [1.807, 2.05) is 4.90 Å². The summed E-state index contributed by atoms with van der Waals surface area (Å²) in [6, 6.07) is 19.2. The number of H-pyrrole nitrogens is 1. The van der Waals surface area contributed by atoms with Gasteiger partial charge in [-0.15, -0.1) is 0 Å². The SMILES string of the molecule is CC(C)[C@H]1c2[nH]c3ccccc3c2CCN1C(=O)O[C@@H]1C[C@H](C)CC[C@H]1C(C)(C)c1ccccc1. The second-order valence-electron chi connectivity index (χ2n) is 11.7. The summed E-state index contributed by atoms with van der Waals surface area (Å²) in [7, 11) is 0. The number of hydrogen-bond acceptors (Lipinski definition) is 2. The number of rotatable bonds is 4. The van der Waals surface area contributed by atoms with E-state index in [1.165, 1.54) is 28.6 Å². The Hall–Kier alpha value is -2.75. The topological polar surface area (TPSA) is 45.3 Å². The number of carbonyl (C=O) groups is 1. The third-order valence-electron chi connectivity index (χ3n) is 8.70. The fraction of sp³-hybridized carbons (Fsp3) is 0.516. The maximum atomic E-state index is 13.8. The van der Waals surface area contributed by atoms with Gasteiger partial charge in [0, 0.05) is 29.1 Å². The maximum Gasteiger partial charge on any atom is 0.410 e. The highest BCUT2D eigenvalue weighted by Gasteiger charge is 2.44. The Bertz CT molecular complexity index is 1180. The van der Waals surface area contributed by atoms with Gasteiger partial charge in [-0.2, -0.15) is 0 Å². The van der Waals surface area contributed by atoms with Gasteiger partial charge in [0.1, 0.15) is 6.10 Å². The summed E-state index contributed by atoms with van der Waals surface area (Å²) in [5, 5.41) is 1.28. The number of para-hydroxylation sites is 1. The minimum Gasteiger partial charge on any atom is -0.446 e. The largest absolute Gasteiger partial charge is 0.446 e. The summed E-state index contributed by atoms with van der Waals surface area (Å²) in [4.78, 5) is 19.5. The second kappa shape index (κ2) is 9.37. The van der Waals surface area contributed by atoms with E-state index in [1.54, 1.807) is 0 Å². The molecule has 1 aliphatic heterocycles. The number of fused-ring (bicyclic) bond motifs is 3. The highest BCUT2D eigenvalue weighted by atomic mass is 16.6. The highest BCUT2D eigenvalue weighted by molar-refractivity contribution is 5.85. The maximum absolute atomic E-state index is 13.8. The Labute approximate surface area is 210 Å². The molecule has 35 heavy (non-hydrogen) atoms. The number of amides is 1. The van der Waals surface area contributed by atoms with Gasteiger partial charge in [0.05, 0.1) is 6.04 Å². The Balaban J connectivity index is 1.42. The van der Waals surface area contributed by atoms with Crippen LogP contribution in [-0.4, -0.2) is 28.6 Å². The molecule has 0 unspecified atom stereocenters. The summed E-state index contributed by atoms with van der Waals surface area (Å²) >= 11 is 0. The summed E-state index contributed by atoms with van der Waals surface area (Å²) < 4.78 is 6.46. The van der Waals surface area contributed by atoms with Crippen LogP contribution in [0.1, 0.15) is 76.7 Å². The molecule has 1 aromatic heterocycles. The number of ether oxygens (including phenoxy) is 1. The number of nitrogens with one attached hydrogen (secondary N) is 1. The van der Waals surface area contributed by atoms with Crippen molar-refractivity contribution in [3.63, 3.8) is 0 Å². The lowest BCUT2D eigenvalue weighted by atomic mass is 9.64. The average molecular weight is 473 g/mol. The molecule has 186 valence electrons. The van der Waals surface area contributed by atoms with Crippen molar-refractivity contribution in [3.05, 3.63) is 71.4 Å². The molecular weight excluding hydrogens is 432 g/mol. The quantitative estimate of drug-likeness (QED) is 0.424. The summed E-state index contributed by atoms with van der Waals surface area (Å²) in [6.45, 7) is 12.0. The van der Waals surface area contributed by atoms with Crippen LogP contribution in [0.4, 0.5) is 4.79 Å². The van der Waals surface area contributed by atoms with Crippen molar-refractivity contribution in [1.82, 2.24) is 9.88 Å². The van der Waals surface area contributed by atoms with Crippen LogP contribution in [0.2, 0.25) is 0 Å². The first-order chi connectivity index (χ1) is 16.8. The van der Waals surface area contributed by atoms with Crippen molar-refractivity contribution in [2.75, 3.05) is 6.54 Å². The number of hydrogen-bond donors (Lipinski definition) is 1. The second-order valence-corrected chi connectivity index (χ2v) is 11.7. The molecule has 0 spiro atoms. The monoisotopic (exact) mass is 472 g/mol. The van der Waals surface area contributed by atoms with Crippen molar-refractivity contribution in [3.8, 4) is 0 Å². The summed E-state index contributed by atoms with van der Waals surface area (Å²) in [5.41, 5.74) is 4.96. The van der Waals surface area contributed by atoms with Crippen LogP contribution in [-0.2, 0) is 16.6 Å². The molecule has 2 aliphatic rings. The van der Waals surface area contributed by atoms with Gasteiger partial charge in [0.2, 0.25) is 0 Å². The van der Waals surface area contributed by atoms with E-state index >= 15 is 0 Å². The minimum absolute atomic E-state index is 0.000229. The Kier molecular flexibility index (Phi) is 6.41. The average Bonchev–Trinajstić information content (AvgIpc) is 3.22. The molecule has 0 bridgehead atoms. The Morgan fingerprint density at radius 3 is 2.51 bits per heavy atom. The molecule has 2 aromatic carbocycles.